The number of nitrogens with two attached hydrogens (primary N) is 1. The van der Waals surface area contributed by atoms with E-state index in [1.54, 1.807) is 0 Å². The summed E-state index contributed by atoms with van der Waals surface area (Å²) in [6, 6.07) is 18.7. The van der Waals surface area contributed by atoms with Gasteiger partial charge in [-0.15, -0.1) is 0 Å². The molecule has 2 aromatic rings. The first-order chi connectivity index (χ1) is 10.6. The minimum Gasteiger partial charge on any atom is -0.370 e. The SMILES string of the molecule is NC(=O)CCc1ccc(CC(=S)CCc2ccccc2)cc1. The summed E-state index contributed by atoms with van der Waals surface area (Å²) in [7, 11) is 0. The number of carbonyl (C=O) groups excluding carboxylic acids is 1. The molecular formula is C19H21NOS. The molecule has 2 N–H and O–H groups in total. The van der Waals surface area contributed by atoms with Crippen LogP contribution in [0.1, 0.15) is 29.5 Å². The molecule has 2 aromatic carbocycles. The highest BCUT2D eigenvalue weighted by Crippen LogP contribution is 2.11. The fraction of sp³-hybridized carbons (Fsp3) is 0.263. The Morgan fingerprint density at radius 1 is 0.818 bits per heavy atom. The van der Waals surface area contributed by atoms with Gasteiger partial charge in [0.25, 0.3) is 0 Å². The quantitative estimate of drug-likeness (QED) is 0.756. The fourth-order valence-corrected chi connectivity index (χ4v) is 2.60. The minimum absolute atomic E-state index is 0.258. The first kappa shape index (κ1) is 16.4. The van der Waals surface area contributed by atoms with Gasteiger partial charge in [-0.25, -0.2) is 0 Å². The largest absolute Gasteiger partial charge is 0.370 e. The predicted octanol–water partition coefficient (Wildman–Crippen LogP) is 3.65. The summed E-state index contributed by atoms with van der Waals surface area (Å²) < 4.78 is 0. The molecule has 22 heavy (non-hydrogen) atoms. The smallest absolute Gasteiger partial charge is 0.217 e. The van der Waals surface area contributed by atoms with Gasteiger partial charge in [-0.1, -0.05) is 66.8 Å². The summed E-state index contributed by atoms with van der Waals surface area (Å²) in [6.07, 6.45) is 3.86. The Balaban J connectivity index is 1.80. The number of benzene rings is 2. The molecule has 0 bridgehead atoms. The molecular weight excluding hydrogens is 290 g/mol. The Morgan fingerprint density at radius 2 is 1.36 bits per heavy atom. The van der Waals surface area contributed by atoms with Crippen LogP contribution in [0.5, 0.6) is 0 Å². The molecule has 0 atom stereocenters. The third-order valence-electron chi connectivity index (χ3n) is 3.62. The summed E-state index contributed by atoms with van der Waals surface area (Å²) in [5, 5.41) is 0. The number of amides is 1. The number of thiocarbonyl (C=S) groups is 1. The van der Waals surface area contributed by atoms with Crippen LogP contribution in [-0.4, -0.2) is 10.8 Å². The second-order valence-corrected chi connectivity index (χ2v) is 6.06. The van der Waals surface area contributed by atoms with E-state index < -0.39 is 0 Å². The van der Waals surface area contributed by atoms with E-state index in [0.717, 1.165) is 29.7 Å². The lowest BCUT2D eigenvalue weighted by Gasteiger charge is -2.06. The van der Waals surface area contributed by atoms with Crippen LogP contribution in [0.3, 0.4) is 0 Å². The van der Waals surface area contributed by atoms with Crippen LogP contribution in [0.15, 0.2) is 54.6 Å². The van der Waals surface area contributed by atoms with Gasteiger partial charge in [0.2, 0.25) is 5.91 Å². The van der Waals surface area contributed by atoms with Crippen molar-refractivity contribution in [3.8, 4) is 0 Å². The average Bonchev–Trinajstić information content (AvgIpc) is 2.53. The molecule has 0 unspecified atom stereocenters. The summed E-state index contributed by atoms with van der Waals surface area (Å²) in [5.74, 6) is -0.258. The van der Waals surface area contributed by atoms with Crippen LogP contribution in [0, 0.1) is 0 Å². The number of carbonyl (C=O) groups is 1. The van der Waals surface area contributed by atoms with Gasteiger partial charge in [0, 0.05) is 12.8 Å². The van der Waals surface area contributed by atoms with Gasteiger partial charge in [0.15, 0.2) is 0 Å². The Bertz CT molecular complexity index is 620. The molecule has 0 aliphatic carbocycles. The van der Waals surface area contributed by atoms with Gasteiger partial charge in [0.1, 0.15) is 0 Å². The zero-order valence-corrected chi connectivity index (χ0v) is 13.4. The van der Waals surface area contributed by atoms with Crippen molar-refractivity contribution < 1.29 is 4.79 Å². The van der Waals surface area contributed by atoms with E-state index in [-0.39, 0.29) is 5.91 Å². The summed E-state index contributed by atoms with van der Waals surface area (Å²) >= 11 is 5.49. The number of aryl methyl sites for hydroxylation is 2. The Morgan fingerprint density at radius 3 is 2.00 bits per heavy atom. The lowest BCUT2D eigenvalue weighted by Crippen LogP contribution is -2.11. The van der Waals surface area contributed by atoms with Crippen molar-refractivity contribution in [3.05, 3.63) is 71.3 Å². The molecule has 2 rings (SSSR count). The maximum atomic E-state index is 10.8. The Hall–Kier alpha value is -2.00. The molecule has 114 valence electrons. The molecule has 0 saturated carbocycles. The molecule has 0 radical (unpaired) electrons. The fourth-order valence-electron chi connectivity index (χ4n) is 2.34. The molecule has 1 amide bonds. The van der Waals surface area contributed by atoms with Crippen LogP contribution in [-0.2, 0) is 24.1 Å². The molecule has 0 spiro atoms. The third kappa shape index (κ3) is 5.78. The van der Waals surface area contributed by atoms with E-state index in [9.17, 15) is 4.79 Å². The van der Waals surface area contributed by atoms with Gasteiger partial charge in [0.05, 0.1) is 0 Å². The third-order valence-corrected chi connectivity index (χ3v) is 3.97. The van der Waals surface area contributed by atoms with Crippen LogP contribution in [0.4, 0.5) is 0 Å². The molecule has 0 aliphatic heterocycles. The highest BCUT2D eigenvalue weighted by atomic mass is 32.1. The number of rotatable bonds is 8. The van der Waals surface area contributed by atoms with E-state index in [0.29, 0.717) is 12.8 Å². The van der Waals surface area contributed by atoms with Gasteiger partial charge in [-0.2, -0.15) is 0 Å². The van der Waals surface area contributed by atoms with E-state index >= 15 is 0 Å². The van der Waals surface area contributed by atoms with Gasteiger partial charge in [-0.05, 0) is 40.8 Å². The second kappa shape index (κ2) is 8.44. The summed E-state index contributed by atoms with van der Waals surface area (Å²) in [6.45, 7) is 0. The van der Waals surface area contributed by atoms with Crippen molar-refractivity contribution in [1.82, 2.24) is 0 Å². The molecule has 0 aliphatic rings. The molecule has 0 heterocycles. The van der Waals surface area contributed by atoms with Crippen molar-refractivity contribution in [2.45, 2.75) is 32.1 Å². The normalized spacial score (nSPS) is 10.4. The first-order valence-corrected chi connectivity index (χ1v) is 7.96. The van der Waals surface area contributed by atoms with Crippen molar-refractivity contribution in [1.29, 1.82) is 0 Å². The van der Waals surface area contributed by atoms with Gasteiger partial charge in [-0.3, -0.25) is 4.79 Å². The van der Waals surface area contributed by atoms with Crippen LogP contribution in [0.25, 0.3) is 0 Å². The molecule has 0 fully saturated rings. The van der Waals surface area contributed by atoms with E-state index in [4.69, 9.17) is 18.0 Å². The minimum atomic E-state index is -0.258. The topological polar surface area (TPSA) is 43.1 Å². The van der Waals surface area contributed by atoms with Crippen molar-refractivity contribution >= 4 is 23.0 Å². The molecule has 0 saturated heterocycles. The Kier molecular flexibility index (Phi) is 6.28. The predicted molar refractivity (Wildman–Crippen MR) is 95.0 cm³/mol. The maximum Gasteiger partial charge on any atom is 0.217 e. The first-order valence-electron chi connectivity index (χ1n) is 7.55. The lowest BCUT2D eigenvalue weighted by atomic mass is 10.0. The second-order valence-electron chi connectivity index (χ2n) is 5.48. The Labute approximate surface area is 137 Å². The molecule has 0 aromatic heterocycles. The van der Waals surface area contributed by atoms with E-state index in [1.807, 2.05) is 6.07 Å². The van der Waals surface area contributed by atoms with E-state index in [1.165, 1.54) is 11.1 Å². The lowest BCUT2D eigenvalue weighted by molar-refractivity contribution is -0.117. The zero-order chi connectivity index (χ0) is 15.8. The summed E-state index contributed by atoms with van der Waals surface area (Å²) in [4.78, 5) is 11.9. The number of primary amides is 1. The van der Waals surface area contributed by atoms with Crippen molar-refractivity contribution in [3.63, 3.8) is 0 Å². The highest BCUT2D eigenvalue weighted by molar-refractivity contribution is 7.80. The van der Waals surface area contributed by atoms with Crippen LogP contribution in [0.2, 0.25) is 0 Å². The number of hydrogen-bond acceptors (Lipinski definition) is 2. The molecule has 2 nitrogen and oxygen atoms in total. The monoisotopic (exact) mass is 311 g/mol. The zero-order valence-electron chi connectivity index (χ0n) is 12.6. The standard InChI is InChI=1S/C19H21NOS/c20-19(21)13-11-16-6-8-17(9-7-16)14-18(22)12-10-15-4-2-1-3-5-15/h1-9H,10-14H2,(H2,20,21). The molecule has 3 heteroatoms. The van der Waals surface area contributed by atoms with Crippen molar-refractivity contribution in [2.24, 2.45) is 5.73 Å². The highest BCUT2D eigenvalue weighted by Gasteiger charge is 2.02. The maximum absolute atomic E-state index is 10.8. The summed E-state index contributed by atoms with van der Waals surface area (Å²) in [5.41, 5.74) is 8.85. The average molecular weight is 311 g/mol. The van der Waals surface area contributed by atoms with Crippen molar-refractivity contribution in [2.75, 3.05) is 0 Å². The van der Waals surface area contributed by atoms with Crippen LogP contribution >= 0.6 is 12.2 Å². The van der Waals surface area contributed by atoms with Gasteiger partial charge < -0.3 is 5.73 Å². The van der Waals surface area contributed by atoms with Crippen LogP contribution < -0.4 is 5.73 Å². The van der Waals surface area contributed by atoms with Gasteiger partial charge >= 0.3 is 0 Å². The number of hydrogen-bond donors (Lipinski definition) is 1. The van der Waals surface area contributed by atoms with E-state index in [2.05, 4.69) is 48.5 Å².